The van der Waals surface area contributed by atoms with E-state index in [1.165, 1.54) is 7.11 Å². The smallest absolute Gasteiger partial charge is 0.253 e. The topological polar surface area (TPSA) is 82.1 Å². The highest BCUT2D eigenvalue weighted by atomic mass is 32.2. The van der Waals surface area contributed by atoms with Crippen LogP contribution in [0.15, 0.2) is 47.4 Å². The highest BCUT2D eigenvalue weighted by Gasteiger charge is 2.33. The number of carbonyl (C=O) groups is 1. The van der Waals surface area contributed by atoms with E-state index < -0.39 is 15.1 Å². The Bertz CT molecular complexity index is 995. The van der Waals surface area contributed by atoms with E-state index >= 15 is 0 Å². The molecule has 3 rings (SSSR count). The summed E-state index contributed by atoms with van der Waals surface area (Å²) in [4.78, 5) is 15.0. The first kappa shape index (κ1) is 22.9. The number of carbonyl (C=O) groups excluding carboxylic acids is 1. The number of ether oxygens (including phenoxy) is 3. The Balaban J connectivity index is 1.68. The van der Waals surface area contributed by atoms with E-state index in [1.807, 2.05) is 13.8 Å². The predicted octanol–water partition coefficient (Wildman–Crippen LogP) is 3.57. The van der Waals surface area contributed by atoms with Gasteiger partial charge in [-0.15, -0.1) is 0 Å². The van der Waals surface area contributed by atoms with Crippen LogP contribution in [0.3, 0.4) is 0 Å². The SMILES string of the molecule is CCOc1ccc(C(=O)N2CCC(S(=O)(=O)c3ccc(OC)cc3)CC2)cc1OCC. The average molecular weight is 448 g/mol. The van der Waals surface area contributed by atoms with Crippen molar-refractivity contribution < 1.29 is 27.4 Å². The molecule has 0 N–H and O–H groups in total. The van der Waals surface area contributed by atoms with Gasteiger partial charge < -0.3 is 19.1 Å². The summed E-state index contributed by atoms with van der Waals surface area (Å²) in [6.45, 7) is 5.50. The molecule has 1 aliphatic heterocycles. The number of amides is 1. The first-order valence-electron chi connectivity index (χ1n) is 10.5. The van der Waals surface area contributed by atoms with Crippen LogP contribution in [0.2, 0.25) is 0 Å². The zero-order valence-corrected chi connectivity index (χ0v) is 19.0. The third-order valence-corrected chi connectivity index (χ3v) is 7.62. The maximum absolute atomic E-state index is 13.0. The van der Waals surface area contributed by atoms with E-state index in [9.17, 15) is 13.2 Å². The number of hydrogen-bond acceptors (Lipinski definition) is 6. The van der Waals surface area contributed by atoms with Gasteiger partial charge in [0.1, 0.15) is 5.75 Å². The zero-order chi connectivity index (χ0) is 22.4. The second-order valence-electron chi connectivity index (χ2n) is 7.24. The molecule has 0 radical (unpaired) electrons. The molecule has 0 aliphatic carbocycles. The Morgan fingerprint density at radius 2 is 1.58 bits per heavy atom. The van der Waals surface area contributed by atoms with Gasteiger partial charge >= 0.3 is 0 Å². The number of methoxy groups -OCH3 is 1. The van der Waals surface area contributed by atoms with Crippen LogP contribution in [0.5, 0.6) is 17.2 Å². The van der Waals surface area contributed by atoms with Crippen molar-refractivity contribution in [3.63, 3.8) is 0 Å². The second kappa shape index (κ2) is 10.0. The maximum atomic E-state index is 13.0. The number of nitrogens with zero attached hydrogens (tertiary/aromatic N) is 1. The van der Waals surface area contributed by atoms with Crippen LogP contribution in [0.1, 0.15) is 37.0 Å². The van der Waals surface area contributed by atoms with Crippen molar-refractivity contribution >= 4 is 15.7 Å². The fraction of sp³-hybridized carbons (Fsp3) is 0.435. The predicted molar refractivity (Wildman–Crippen MR) is 118 cm³/mol. The molecule has 7 nitrogen and oxygen atoms in total. The lowest BCUT2D eigenvalue weighted by molar-refractivity contribution is 0.0725. The molecule has 8 heteroatoms. The number of piperidine rings is 1. The van der Waals surface area contributed by atoms with Gasteiger partial charge in [0.05, 0.1) is 30.5 Å². The molecule has 1 fully saturated rings. The lowest BCUT2D eigenvalue weighted by atomic mass is 10.1. The summed E-state index contributed by atoms with van der Waals surface area (Å²) in [7, 11) is -1.92. The zero-order valence-electron chi connectivity index (χ0n) is 18.2. The highest BCUT2D eigenvalue weighted by Crippen LogP contribution is 2.30. The van der Waals surface area contributed by atoms with Gasteiger partial charge in [-0.1, -0.05) is 0 Å². The molecule has 0 saturated carbocycles. The lowest BCUT2D eigenvalue weighted by Crippen LogP contribution is -2.42. The molecule has 2 aromatic rings. The van der Waals surface area contributed by atoms with Crippen molar-refractivity contribution in [2.24, 2.45) is 0 Å². The minimum Gasteiger partial charge on any atom is -0.497 e. The summed E-state index contributed by atoms with van der Waals surface area (Å²) in [5.41, 5.74) is 0.503. The normalized spacial score (nSPS) is 14.9. The summed E-state index contributed by atoms with van der Waals surface area (Å²) < 4.78 is 42.2. The molecule has 31 heavy (non-hydrogen) atoms. The highest BCUT2D eigenvalue weighted by molar-refractivity contribution is 7.92. The first-order valence-corrected chi connectivity index (χ1v) is 12.0. The minimum absolute atomic E-state index is 0.135. The van der Waals surface area contributed by atoms with Crippen molar-refractivity contribution in [3.8, 4) is 17.2 Å². The molecule has 0 unspecified atom stereocenters. The van der Waals surface area contributed by atoms with E-state index in [4.69, 9.17) is 14.2 Å². The van der Waals surface area contributed by atoms with Crippen molar-refractivity contribution in [2.45, 2.75) is 36.8 Å². The molecule has 0 aromatic heterocycles. The monoisotopic (exact) mass is 447 g/mol. The number of benzene rings is 2. The number of sulfone groups is 1. The fourth-order valence-corrected chi connectivity index (χ4v) is 5.43. The van der Waals surface area contributed by atoms with Crippen molar-refractivity contribution in [2.75, 3.05) is 33.4 Å². The molecule has 0 bridgehead atoms. The Kier molecular flexibility index (Phi) is 7.43. The standard InChI is InChI=1S/C23H29NO6S/c1-4-29-21-11-6-17(16-22(21)30-5-2)23(25)24-14-12-20(13-15-24)31(26,27)19-9-7-18(28-3)8-10-19/h6-11,16,20H,4-5,12-15H2,1-3H3. The lowest BCUT2D eigenvalue weighted by Gasteiger charge is -2.32. The van der Waals surface area contributed by atoms with Gasteiger partial charge in [-0.25, -0.2) is 8.42 Å². The van der Waals surface area contributed by atoms with E-state index in [-0.39, 0.29) is 10.8 Å². The second-order valence-corrected chi connectivity index (χ2v) is 9.47. The van der Waals surface area contributed by atoms with E-state index in [0.717, 1.165) is 0 Å². The number of hydrogen-bond donors (Lipinski definition) is 0. The Morgan fingerprint density at radius 1 is 0.968 bits per heavy atom. The minimum atomic E-state index is -3.46. The summed E-state index contributed by atoms with van der Waals surface area (Å²) in [6, 6.07) is 11.6. The van der Waals surface area contributed by atoms with Crippen LogP contribution in [-0.4, -0.2) is 57.9 Å². The molecule has 1 aliphatic rings. The van der Waals surface area contributed by atoms with Gasteiger partial charge in [-0.2, -0.15) is 0 Å². The summed E-state index contributed by atoms with van der Waals surface area (Å²) >= 11 is 0. The molecule has 0 spiro atoms. The molecule has 1 heterocycles. The molecule has 2 aromatic carbocycles. The fourth-order valence-electron chi connectivity index (χ4n) is 3.69. The van der Waals surface area contributed by atoms with Crippen LogP contribution >= 0.6 is 0 Å². The van der Waals surface area contributed by atoms with Crippen LogP contribution in [0.4, 0.5) is 0 Å². The Hall–Kier alpha value is -2.74. The number of rotatable bonds is 8. The molecular formula is C23H29NO6S. The van der Waals surface area contributed by atoms with Crippen LogP contribution in [0.25, 0.3) is 0 Å². The maximum Gasteiger partial charge on any atom is 0.253 e. The van der Waals surface area contributed by atoms with E-state index in [1.54, 1.807) is 47.4 Å². The van der Waals surface area contributed by atoms with Crippen molar-refractivity contribution in [3.05, 3.63) is 48.0 Å². The van der Waals surface area contributed by atoms with Gasteiger partial charge in [-0.3, -0.25) is 4.79 Å². The Labute approximate surface area is 183 Å². The van der Waals surface area contributed by atoms with Crippen molar-refractivity contribution in [1.82, 2.24) is 4.90 Å². The molecule has 1 amide bonds. The first-order chi connectivity index (χ1) is 14.9. The largest absolute Gasteiger partial charge is 0.497 e. The molecular weight excluding hydrogens is 418 g/mol. The van der Waals surface area contributed by atoms with Crippen LogP contribution < -0.4 is 14.2 Å². The van der Waals surface area contributed by atoms with Crippen LogP contribution in [-0.2, 0) is 9.84 Å². The quantitative estimate of drug-likeness (QED) is 0.615. The van der Waals surface area contributed by atoms with Gasteiger partial charge in [0, 0.05) is 18.7 Å². The van der Waals surface area contributed by atoms with Gasteiger partial charge in [0.15, 0.2) is 21.3 Å². The van der Waals surface area contributed by atoms with Gasteiger partial charge in [0.2, 0.25) is 0 Å². The Morgan fingerprint density at radius 3 is 2.16 bits per heavy atom. The molecule has 1 saturated heterocycles. The molecule has 168 valence electrons. The summed E-state index contributed by atoms with van der Waals surface area (Å²) in [6.07, 6.45) is 0.797. The summed E-state index contributed by atoms with van der Waals surface area (Å²) in [5.74, 6) is 1.61. The van der Waals surface area contributed by atoms with E-state index in [0.29, 0.717) is 62.0 Å². The summed E-state index contributed by atoms with van der Waals surface area (Å²) in [5, 5.41) is -0.510. The third-order valence-electron chi connectivity index (χ3n) is 5.35. The van der Waals surface area contributed by atoms with Crippen molar-refractivity contribution in [1.29, 1.82) is 0 Å². The van der Waals surface area contributed by atoms with E-state index in [2.05, 4.69) is 0 Å². The molecule has 0 atom stereocenters. The third kappa shape index (κ3) is 5.12. The average Bonchev–Trinajstić information content (AvgIpc) is 2.80. The van der Waals surface area contributed by atoms with Gasteiger partial charge in [-0.05, 0) is 69.2 Å². The van der Waals surface area contributed by atoms with Crippen LogP contribution in [0, 0.1) is 0 Å². The number of likely N-dealkylation sites (tertiary alicyclic amines) is 1. The van der Waals surface area contributed by atoms with Gasteiger partial charge in [0.25, 0.3) is 5.91 Å².